The Morgan fingerprint density at radius 2 is 1.92 bits per heavy atom. The Kier molecular flexibility index (Phi) is 4.43. The van der Waals surface area contributed by atoms with Gasteiger partial charge in [0.15, 0.2) is 11.6 Å². The molecule has 0 atom stereocenters. The molecule has 3 aromatic rings. The fraction of sp³-hybridized carbons (Fsp3) is 0.235. The Labute approximate surface area is 156 Å². The number of halogens is 3. The van der Waals surface area contributed by atoms with Crippen molar-refractivity contribution in [3.63, 3.8) is 0 Å². The number of nitrogens with zero attached hydrogens (tertiary/aromatic N) is 4. The average Bonchev–Trinajstić information content (AvgIpc) is 2.95. The highest BCUT2D eigenvalue weighted by atomic mass is 79.9. The normalized spacial score (nSPS) is 13.6. The molecule has 0 amide bonds. The molecule has 1 aliphatic carbocycles. The standard InChI is InChI=1S/C17H13BrClFN4O/c18-16-10-4-1-2-5-13(10)23-24(16)14-9-15(11(19)8-12(14)20)25-17-21-6-3-7-22-17/h3,6-9H,1-2,4-5H2. The molecule has 5 nitrogen and oxygen atoms in total. The summed E-state index contributed by atoms with van der Waals surface area (Å²) >= 11 is 9.67. The topological polar surface area (TPSA) is 52.8 Å². The molecule has 0 saturated carbocycles. The molecular weight excluding hydrogens is 411 g/mol. The quantitative estimate of drug-likeness (QED) is 0.602. The maximum Gasteiger partial charge on any atom is 0.321 e. The molecule has 1 aromatic carbocycles. The Hall–Kier alpha value is -1.99. The van der Waals surface area contributed by atoms with E-state index >= 15 is 0 Å². The molecular formula is C17H13BrClFN4O. The first-order valence-corrected chi connectivity index (χ1v) is 9.01. The minimum Gasteiger partial charge on any atom is -0.423 e. The second-order valence-electron chi connectivity index (χ2n) is 5.70. The van der Waals surface area contributed by atoms with Gasteiger partial charge in [0.1, 0.15) is 10.3 Å². The first-order chi connectivity index (χ1) is 12.1. The molecule has 0 aliphatic heterocycles. The van der Waals surface area contributed by atoms with Gasteiger partial charge in [-0.3, -0.25) is 0 Å². The Bertz CT molecular complexity index is 932. The summed E-state index contributed by atoms with van der Waals surface area (Å²) in [6, 6.07) is 4.54. The fourth-order valence-corrected chi connectivity index (χ4v) is 3.76. The number of aromatic nitrogens is 4. The van der Waals surface area contributed by atoms with Gasteiger partial charge in [-0.2, -0.15) is 5.10 Å². The van der Waals surface area contributed by atoms with Crippen molar-refractivity contribution >= 4 is 27.5 Å². The molecule has 0 fully saturated rings. The number of aryl methyl sites for hydroxylation is 1. The number of hydrogen-bond acceptors (Lipinski definition) is 4. The number of fused-ring (bicyclic) bond motifs is 1. The monoisotopic (exact) mass is 422 g/mol. The summed E-state index contributed by atoms with van der Waals surface area (Å²) in [5.41, 5.74) is 2.40. The van der Waals surface area contributed by atoms with E-state index in [-0.39, 0.29) is 22.5 Å². The van der Waals surface area contributed by atoms with E-state index in [9.17, 15) is 4.39 Å². The van der Waals surface area contributed by atoms with Crippen molar-refractivity contribution in [2.24, 2.45) is 0 Å². The van der Waals surface area contributed by atoms with Gasteiger partial charge < -0.3 is 4.74 Å². The van der Waals surface area contributed by atoms with Crippen LogP contribution < -0.4 is 4.74 Å². The first-order valence-electron chi connectivity index (χ1n) is 7.84. The van der Waals surface area contributed by atoms with Gasteiger partial charge in [0.05, 0.1) is 10.7 Å². The first kappa shape index (κ1) is 16.5. The van der Waals surface area contributed by atoms with Crippen LogP contribution in [-0.4, -0.2) is 19.7 Å². The van der Waals surface area contributed by atoms with Crippen molar-refractivity contribution in [2.75, 3.05) is 0 Å². The molecule has 0 saturated heterocycles. The van der Waals surface area contributed by atoms with Gasteiger partial charge in [-0.15, -0.1) is 0 Å². The SMILES string of the molecule is Fc1cc(Cl)c(Oc2ncccn2)cc1-n1nc2c(c1Br)CCCC2. The van der Waals surface area contributed by atoms with Crippen LogP contribution in [0.5, 0.6) is 11.8 Å². The van der Waals surface area contributed by atoms with Crippen LogP contribution in [0.1, 0.15) is 24.1 Å². The van der Waals surface area contributed by atoms with Crippen LogP contribution in [-0.2, 0) is 12.8 Å². The van der Waals surface area contributed by atoms with E-state index < -0.39 is 5.82 Å². The molecule has 0 unspecified atom stereocenters. The summed E-state index contributed by atoms with van der Waals surface area (Å²) < 4.78 is 22.5. The number of benzene rings is 1. The lowest BCUT2D eigenvalue weighted by atomic mass is 9.99. The summed E-state index contributed by atoms with van der Waals surface area (Å²) in [4.78, 5) is 7.99. The fourth-order valence-electron chi connectivity index (χ4n) is 2.87. The smallest absolute Gasteiger partial charge is 0.321 e. The molecule has 0 N–H and O–H groups in total. The van der Waals surface area contributed by atoms with Crippen LogP contribution in [0.15, 0.2) is 35.2 Å². The van der Waals surface area contributed by atoms with Crippen LogP contribution in [0.2, 0.25) is 5.02 Å². The highest BCUT2D eigenvalue weighted by Crippen LogP contribution is 2.35. The van der Waals surface area contributed by atoms with Gasteiger partial charge in [-0.05, 0) is 53.7 Å². The molecule has 1 aliphatic rings. The van der Waals surface area contributed by atoms with Crippen molar-refractivity contribution in [1.29, 1.82) is 0 Å². The zero-order valence-corrected chi connectivity index (χ0v) is 15.4. The predicted octanol–water partition coefficient (Wildman–Crippen LogP) is 4.89. The molecule has 128 valence electrons. The van der Waals surface area contributed by atoms with Gasteiger partial charge in [0.2, 0.25) is 0 Å². The average molecular weight is 424 g/mol. The van der Waals surface area contributed by atoms with Crippen LogP contribution in [0.25, 0.3) is 5.69 Å². The van der Waals surface area contributed by atoms with E-state index in [1.165, 1.54) is 12.1 Å². The van der Waals surface area contributed by atoms with E-state index in [0.29, 0.717) is 0 Å². The molecule has 0 bridgehead atoms. The van der Waals surface area contributed by atoms with E-state index in [0.717, 1.165) is 41.5 Å². The van der Waals surface area contributed by atoms with Gasteiger partial charge in [0.25, 0.3) is 0 Å². The lowest BCUT2D eigenvalue weighted by Crippen LogP contribution is -2.02. The summed E-state index contributed by atoms with van der Waals surface area (Å²) in [6.07, 6.45) is 7.15. The molecule has 8 heteroatoms. The lowest BCUT2D eigenvalue weighted by Gasteiger charge is -2.10. The third kappa shape index (κ3) is 3.14. The minimum atomic E-state index is -0.480. The molecule has 4 rings (SSSR count). The van der Waals surface area contributed by atoms with Gasteiger partial charge >= 0.3 is 6.01 Å². The Morgan fingerprint density at radius 3 is 2.68 bits per heavy atom. The molecule has 0 radical (unpaired) electrons. The van der Waals surface area contributed by atoms with Crippen LogP contribution in [0.3, 0.4) is 0 Å². The van der Waals surface area contributed by atoms with Gasteiger partial charge in [-0.1, -0.05) is 11.6 Å². The zero-order chi connectivity index (χ0) is 17.4. The number of hydrogen-bond donors (Lipinski definition) is 0. The van der Waals surface area contributed by atoms with E-state index in [4.69, 9.17) is 16.3 Å². The highest BCUT2D eigenvalue weighted by Gasteiger charge is 2.22. The molecule has 2 aromatic heterocycles. The maximum absolute atomic E-state index is 14.5. The van der Waals surface area contributed by atoms with Crippen LogP contribution in [0.4, 0.5) is 4.39 Å². The summed E-state index contributed by atoms with van der Waals surface area (Å²) in [7, 11) is 0. The maximum atomic E-state index is 14.5. The zero-order valence-electron chi connectivity index (χ0n) is 13.0. The second-order valence-corrected chi connectivity index (χ2v) is 6.86. The molecule has 0 spiro atoms. The van der Waals surface area contributed by atoms with Crippen molar-refractivity contribution in [1.82, 2.24) is 19.7 Å². The van der Waals surface area contributed by atoms with Crippen molar-refractivity contribution in [2.45, 2.75) is 25.7 Å². The Balaban J connectivity index is 1.78. The van der Waals surface area contributed by atoms with Crippen LogP contribution in [0, 0.1) is 5.82 Å². The van der Waals surface area contributed by atoms with Gasteiger partial charge in [-0.25, -0.2) is 19.0 Å². The van der Waals surface area contributed by atoms with E-state index in [1.807, 2.05) is 0 Å². The van der Waals surface area contributed by atoms with Gasteiger partial charge in [0, 0.05) is 24.0 Å². The highest BCUT2D eigenvalue weighted by molar-refractivity contribution is 9.10. The van der Waals surface area contributed by atoms with Crippen LogP contribution >= 0.6 is 27.5 Å². The molecule has 25 heavy (non-hydrogen) atoms. The number of rotatable bonds is 3. The largest absolute Gasteiger partial charge is 0.423 e. The predicted molar refractivity (Wildman–Crippen MR) is 95.0 cm³/mol. The molecule has 2 heterocycles. The minimum absolute atomic E-state index is 0.140. The number of ether oxygens (including phenoxy) is 1. The van der Waals surface area contributed by atoms with Crippen molar-refractivity contribution < 1.29 is 9.13 Å². The van der Waals surface area contributed by atoms with Crippen molar-refractivity contribution in [3.8, 4) is 17.4 Å². The third-order valence-corrected chi connectivity index (χ3v) is 5.18. The lowest BCUT2D eigenvalue weighted by molar-refractivity contribution is 0.440. The van der Waals surface area contributed by atoms with Crippen molar-refractivity contribution in [3.05, 3.63) is 57.3 Å². The summed E-state index contributed by atoms with van der Waals surface area (Å²) in [5, 5.41) is 4.70. The Morgan fingerprint density at radius 1 is 1.16 bits per heavy atom. The van der Waals surface area contributed by atoms with E-state index in [1.54, 1.807) is 23.1 Å². The summed E-state index contributed by atoms with van der Waals surface area (Å²) in [5.74, 6) is -0.212. The second kappa shape index (κ2) is 6.72. The van der Waals surface area contributed by atoms with E-state index in [2.05, 4.69) is 31.0 Å². The summed E-state index contributed by atoms with van der Waals surface area (Å²) in [6.45, 7) is 0. The third-order valence-electron chi connectivity index (χ3n) is 4.07.